The third-order valence-electron chi connectivity index (χ3n) is 3.96. The fourth-order valence-corrected chi connectivity index (χ4v) is 2.86. The van der Waals surface area contributed by atoms with Gasteiger partial charge in [-0.1, -0.05) is 25.4 Å². The summed E-state index contributed by atoms with van der Waals surface area (Å²) in [5.41, 5.74) is 0.677. The van der Waals surface area contributed by atoms with Crippen molar-refractivity contribution in [3.05, 3.63) is 29.3 Å². The highest BCUT2D eigenvalue weighted by molar-refractivity contribution is 6.30. The number of benzene rings is 1. The van der Waals surface area contributed by atoms with Crippen LogP contribution in [0.3, 0.4) is 0 Å². The molecule has 0 saturated carbocycles. The minimum Gasteiger partial charge on any atom is -0.480 e. The van der Waals surface area contributed by atoms with E-state index in [1.165, 1.54) is 4.90 Å². The lowest BCUT2D eigenvalue weighted by atomic mass is 10.0. The molecule has 1 aliphatic heterocycles. The van der Waals surface area contributed by atoms with Crippen molar-refractivity contribution in [2.24, 2.45) is 11.8 Å². The second-order valence-corrected chi connectivity index (χ2v) is 6.85. The number of nitrogens with one attached hydrogen (secondary N) is 1. The van der Waals surface area contributed by atoms with Crippen molar-refractivity contribution >= 4 is 35.1 Å². The van der Waals surface area contributed by atoms with Gasteiger partial charge in [-0.3, -0.25) is 9.59 Å². The van der Waals surface area contributed by atoms with Gasteiger partial charge in [-0.05, 0) is 36.6 Å². The number of rotatable bonds is 6. The Morgan fingerprint density at radius 1 is 1.33 bits per heavy atom. The summed E-state index contributed by atoms with van der Waals surface area (Å²) in [5, 5.41) is 12.3. The molecule has 2 amide bonds. The quantitative estimate of drug-likeness (QED) is 0.822. The van der Waals surface area contributed by atoms with Crippen molar-refractivity contribution in [1.82, 2.24) is 5.32 Å². The van der Waals surface area contributed by atoms with Crippen LogP contribution < -0.4 is 10.2 Å². The first-order valence-electron chi connectivity index (χ1n) is 7.87. The maximum atomic E-state index is 12.3. The number of amides is 2. The molecule has 24 heavy (non-hydrogen) atoms. The molecule has 2 unspecified atom stereocenters. The zero-order valence-electron chi connectivity index (χ0n) is 13.7. The Morgan fingerprint density at radius 3 is 2.50 bits per heavy atom. The van der Waals surface area contributed by atoms with Gasteiger partial charge in [0, 0.05) is 23.7 Å². The van der Waals surface area contributed by atoms with Gasteiger partial charge >= 0.3 is 5.97 Å². The lowest BCUT2D eigenvalue weighted by molar-refractivity contribution is -0.142. The summed E-state index contributed by atoms with van der Waals surface area (Å²) in [6.45, 7) is 4.02. The number of nitrogens with zero attached hydrogens (tertiary/aromatic N) is 1. The molecule has 1 aromatic rings. The van der Waals surface area contributed by atoms with Gasteiger partial charge in [-0.25, -0.2) is 4.79 Å². The van der Waals surface area contributed by atoms with Crippen LogP contribution in [-0.4, -0.2) is 35.5 Å². The van der Waals surface area contributed by atoms with Gasteiger partial charge in [0.1, 0.15) is 6.04 Å². The molecule has 130 valence electrons. The molecule has 7 heteroatoms. The van der Waals surface area contributed by atoms with Crippen LogP contribution in [0.2, 0.25) is 5.02 Å². The van der Waals surface area contributed by atoms with E-state index in [2.05, 4.69) is 5.32 Å². The maximum absolute atomic E-state index is 12.3. The standard InChI is InChI=1S/C17H21ClN2O4/c1-10(2)7-14(17(23)24)19-16(22)11-8-15(21)20(9-11)13-5-3-12(18)4-6-13/h3-6,10-11,14H,7-9H2,1-2H3,(H,19,22)(H,23,24). The van der Waals surface area contributed by atoms with Gasteiger partial charge in [-0.2, -0.15) is 0 Å². The second-order valence-electron chi connectivity index (χ2n) is 6.41. The van der Waals surface area contributed by atoms with Gasteiger partial charge in [0.05, 0.1) is 5.92 Å². The number of carbonyl (C=O) groups is 3. The van der Waals surface area contributed by atoms with Crippen molar-refractivity contribution in [2.75, 3.05) is 11.4 Å². The van der Waals surface area contributed by atoms with E-state index in [1.54, 1.807) is 24.3 Å². The number of carbonyl (C=O) groups excluding carboxylic acids is 2. The van der Waals surface area contributed by atoms with Crippen LogP contribution in [0, 0.1) is 11.8 Å². The van der Waals surface area contributed by atoms with E-state index in [-0.39, 0.29) is 24.8 Å². The van der Waals surface area contributed by atoms with E-state index in [0.29, 0.717) is 17.1 Å². The molecule has 0 radical (unpaired) electrons. The van der Waals surface area contributed by atoms with Crippen LogP contribution in [0.5, 0.6) is 0 Å². The Balaban J connectivity index is 2.02. The summed E-state index contributed by atoms with van der Waals surface area (Å²) < 4.78 is 0. The first kappa shape index (κ1) is 18.3. The van der Waals surface area contributed by atoms with Crippen molar-refractivity contribution in [3.63, 3.8) is 0 Å². The molecule has 1 saturated heterocycles. The molecule has 2 N–H and O–H groups in total. The monoisotopic (exact) mass is 352 g/mol. The Labute approximate surface area is 145 Å². The number of hydrogen-bond donors (Lipinski definition) is 2. The van der Waals surface area contributed by atoms with E-state index in [4.69, 9.17) is 11.6 Å². The van der Waals surface area contributed by atoms with Crippen LogP contribution >= 0.6 is 11.6 Å². The summed E-state index contributed by atoms with van der Waals surface area (Å²) in [6.07, 6.45) is 0.422. The third kappa shape index (κ3) is 4.47. The van der Waals surface area contributed by atoms with Crippen molar-refractivity contribution in [1.29, 1.82) is 0 Å². The Bertz CT molecular complexity index is 630. The Kier molecular flexibility index (Phi) is 5.83. The first-order valence-corrected chi connectivity index (χ1v) is 8.25. The van der Waals surface area contributed by atoms with Gasteiger partial charge in [-0.15, -0.1) is 0 Å². The third-order valence-corrected chi connectivity index (χ3v) is 4.21. The predicted octanol–water partition coefficient (Wildman–Crippen LogP) is 2.31. The lowest BCUT2D eigenvalue weighted by Crippen LogP contribution is -2.44. The van der Waals surface area contributed by atoms with Gasteiger partial charge < -0.3 is 15.3 Å². The zero-order chi connectivity index (χ0) is 17.9. The number of hydrogen-bond acceptors (Lipinski definition) is 3. The molecule has 1 fully saturated rings. The molecular formula is C17H21ClN2O4. The van der Waals surface area contributed by atoms with Crippen molar-refractivity contribution < 1.29 is 19.5 Å². The van der Waals surface area contributed by atoms with Crippen LogP contribution in [0.15, 0.2) is 24.3 Å². The molecule has 0 aromatic heterocycles. The largest absolute Gasteiger partial charge is 0.480 e. The van der Waals surface area contributed by atoms with Gasteiger partial charge in [0.2, 0.25) is 11.8 Å². The highest BCUT2D eigenvalue weighted by Gasteiger charge is 2.36. The molecule has 6 nitrogen and oxygen atoms in total. The smallest absolute Gasteiger partial charge is 0.326 e. The minimum atomic E-state index is -1.06. The Morgan fingerprint density at radius 2 is 1.96 bits per heavy atom. The van der Waals surface area contributed by atoms with E-state index >= 15 is 0 Å². The molecule has 1 aliphatic rings. The Hall–Kier alpha value is -2.08. The van der Waals surface area contributed by atoms with E-state index < -0.39 is 23.8 Å². The number of carboxylic acid groups (broad SMARTS) is 1. The SMILES string of the molecule is CC(C)CC(NC(=O)C1CC(=O)N(c2ccc(Cl)cc2)C1)C(=O)O. The van der Waals surface area contributed by atoms with E-state index in [9.17, 15) is 19.5 Å². The average molecular weight is 353 g/mol. The van der Waals surface area contributed by atoms with Crippen molar-refractivity contribution in [3.8, 4) is 0 Å². The molecule has 2 atom stereocenters. The highest BCUT2D eigenvalue weighted by atomic mass is 35.5. The second kappa shape index (κ2) is 7.66. The van der Waals surface area contributed by atoms with E-state index in [0.717, 1.165) is 0 Å². The summed E-state index contributed by atoms with van der Waals surface area (Å²) in [5.74, 6) is -2.03. The normalized spacial score (nSPS) is 18.8. The van der Waals surface area contributed by atoms with Gasteiger partial charge in [0.15, 0.2) is 0 Å². The number of anilines is 1. The zero-order valence-corrected chi connectivity index (χ0v) is 14.4. The van der Waals surface area contributed by atoms with Crippen LogP contribution in [0.4, 0.5) is 5.69 Å². The lowest BCUT2D eigenvalue weighted by Gasteiger charge is -2.19. The summed E-state index contributed by atoms with van der Waals surface area (Å²) in [4.78, 5) is 37.3. The summed E-state index contributed by atoms with van der Waals surface area (Å²) >= 11 is 5.84. The van der Waals surface area contributed by atoms with Crippen molar-refractivity contribution in [2.45, 2.75) is 32.7 Å². The maximum Gasteiger partial charge on any atom is 0.326 e. The summed E-state index contributed by atoms with van der Waals surface area (Å²) in [7, 11) is 0. The molecule has 0 bridgehead atoms. The van der Waals surface area contributed by atoms with Crippen LogP contribution in [0.25, 0.3) is 0 Å². The van der Waals surface area contributed by atoms with Gasteiger partial charge in [0.25, 0.3) is 0 Å². The molecule has 1 heterocycles. The number of carboxylic acids is 1. The fourth-order valence-electron chi connectivity index (χ4n) is 2.74. The first-order chi connectivity index (χ1) is 11.3. The molecular weight excluding hydrogens is 332 g/mol. The average Bonchev–Trinajstić information content (AvgIpc) is 2.89. The molecule has 0 spiro atoms. The van der Waals surface area contributed by atoms with Crippen LogP contribution in [0.1, 0.15) is 26.7 Å². The number of aliphatic carboxylic acids is 1. The molecule has 0 aliphatic carbocycles. The topological polar surface area (TPSA) is 86.7 Å². The predicted molar refractivity (Wildman–Crippen MR) is 90.9 cm³/mol. The summed E-state index contributed by atoms with van der Waals surface area (Å²) in [6, 6.07) is 5.87. The van der Waals surface area contributed by atoms with Crippen LogP contribution in [-0.2, 0) is 14.4 Å². The number of halogens is 1. The highest BCUT2D eigenvalue weighted by Crippen LogP contribution is 2.26. The molecule has 2 rings (SSSR count). The van der Waals surface area contributed by atoms with E-state index in [1.807, 2.05) is 13.8 Å². The minimum absolute atomic E-state index is 0.0719. The fraction of sp³-hybridized carbons (Fsp3) is 0.471. The molecule has 1 aromatic carbocycles.